The quantitative estimate of drug-likeness (QED) is 0.0266. The number of benzene rings is 10. The molecule has 0 unspecified atom stereocenters. The van der Waals surface area contributed by atoms with Gasteiger partial charge < -0.3 is 0 Å². The standard InChI is InChI=1S/C109H124/c1-9-15-21-27-31-39-65-108(66-40-32-28-22-16-10-2)100-67-77(7)46-59-96(100)106-95-44-36-35-43-90(95)99(76-105(106)108)87-55-61-92-91-60-53-85(73-101(91)107(102(92)74-87,63-37-29-23-17-11-3)64-38-30-24-18-12-4)97-71-84(42-34-26-20-14-6)98(72-83(97)41-33-25-19-13-5)86-54-62-94-93-58-45-78(8)68-103(93)109(104(94)75-86,88-56-51-79-47-49-81(79)69-88)89-57-52-80-48-50-82(80)70-89/h11-12,17-18,23-24,35-36,43-46,51-62,67-76H,3-4,9-10,13-16,19-22,25-34,37-42,47-50,63-66H2,1-2,5-8H3/b23-17-,24-18-. The summed E-state index contributed by atoms with van der Waals surface area (Å²) in [6, 6.07) is 71.5. The molecule has 0 nitrogen and oxygen atoms in total. The summed E-state index contributed by atoms with van der Waals surface area (Å²) in [6.45, 7) is 22.3. The molecule has 10 aromatic carbocycles. The monoisotopic (exact) mass is 1430 g/mol. The molecule has 5 aliphatic carbocycles. The van der Waals surface area contributed by atoms with Crippen LogP contribution in [-0.4, -0.2) is 0 Å². The van der Waals surface area contributed by atoms with Crippen molar-refractivity contribution in [3.8, 4) is 66.8 Å². The number of allylic oxidation sites excluding steroid dienone is 6. The minimum atomic E-state index is -0.447. The molecule has 0 heterocycles. The first-order valence-electron chi connectivity index (χ1n) is 43.8. The van der Waals surface area contributed by atoms with E-state index in [1.54, 1.807) is 11.1 Å². The molecule has 0 fully saturated rings. The van der Waals surface area contributed by atoms with Gasteiger partial charge in [0.25, 0.3) is 0 Å². The minimum Gasteiger partial charge on any atom is -0.0991 e. The van der Waals surface area contributed by atoms with Gasteiger partial charge in [-0.25, -0.2) is 0 Å². The number of aryl methyl sites for hydroxylation is 8. The van der Waals surface area contributed by atoms with Crippen LogP contribution >= 0.6 is 0 Å². The van der Waals surface area contributed by atoms with Crippen LogP contribution in [0, 0.1) is 13.8 Å². The van der Waals surface area contributed by atoms with Gasteiger partial charge in [-0.3, -0.25) is 0 Å². The molecule has 0 saturated carbocycles. The SMILES string of the molecule is C=C/C=C\CCCC1(CCC/C=C\C=C)c2cc(-c3cc(CCCCCC)c(-c4ccc5c(c4)C(c4ccc6c(c4)CC6)(c4ccc6c(c4)CC6)c4cc(C)ccc4-5)cc3CCCCCC)ccc2-c2ccc(-c3cc4c(c5ccccc35)-c3ccc(C)cc3C4(CCCCCCCC)CCCCCCCC)cc21. The Kier molecular flexibility index (Phi) is 23.9. The second-order valence-electron chi connectivity index (χ2n) is 34.1. The predicted octanol–water partition coefficient (Wildman–Crippen LogP) is 31.1. The average molecular weight is 1430 g/mol. The Balaban J connectivity index is 0.897. The van der Waals surface area contributed by atoms with E-state index < -0.39 is 5.41 Å². The van der Waals surface area contributed by atoms with E-state index in [0.717, 1.165) is 64.2 Å². The Morgan fingerprint density at radius 3 is 1.19 bits per heavy atom. The molecule has 0 spiro atoms. The van der Waals surface area contributed by atoms with Gasteiger partial charge in [0.05, 0.1) is 5.41 Å². The smallest absolute Gasteiger partial charge is 0.0714 e. The van der Waals surface area contributed by atoms with E-state index in [1.807, 2.05) is 12.2 Å². The third-order valence-electron chi connectivity index (χ3n) is 27.0. The molecule has 0 saturated heterocycles. The zero-order valence-corrected chi connectivity index (χ0v) is 67.6. The highest BCUT2D eigenvalue weighted by Gasteiger charge is 2.49. The molecule has 0 aliphatic heterocycles. The van der Waals surface area contributed by atoms with E-state index in [2.05, 4.69) is 249 Å². The van der Waals surface area contributed by atoms with Crippen LogP contribution in [0.15, 0.2) is 219 Å². The zero-order valence-electron chi connectivity index (χ0n) is 67.6. The van der Waals surface area contributed by atoms with Gasteiger partial charge >= 0.3 is 0 Å². The van der Waals surface area contributed by atoms with Crippen LogP contribution in [0.3, 0.4) is 0 Å². The maximum Gasteiger partial charge on any atom is 0.0714 e. The number of hydrogen-bond acceptors (Lipinski definition) is 0. The highest BCUT2D eigenvalue weighted by Crippen LogP contribution is 2.62. The van der Waals surface area contributed by atoms with Crippen molar-refractivity contribution in [2.75, 3.05) is 0 Å². The number of hydrogen-bond donors (Lipinski definition) is 0. The van der Waals surface area contributed by atoms with Crippen LogP contribution < -0.4 is 0 Å². The molecule has 10 aromatic rings. The van der Waals surface area contributed by atoms with Crippen molar-refractivity contribution in [3.05, 3.63) is 308 Å². The van der Waals surface area contributed by atoms with Crippen molar-refractivity contribution in [3.63, 3.8) is 0 Å². The Bertz CT molecular complexity index is 4910. The van der Waals surface area contributed by atoms with E-state index in [4.69, 9.17) is 0 Å². The van der Waals surface area contributed by atoms with Gasteiger partial charge in [0.1, 0.15) is 0 Å². The first kappa shape index (κ1) is 75.8. The van der Waals surface area contributed by atoms with Crippen LogP contribution in [0.2, 0.25) is 0 Å². The molecule has 15 rings (SSSR count). The maximum atomic E-state index is 4.13. The fourth-order valence-corrected chi connectivity index (χ4v) is 21.1. The highest BCUT2D eigenvalue weighted by molar-refractivity contribution is 6.09. The molecule has 560 valence electrons. The van der Waals surface area contributed by atoms with Crippen LogP contribution in [0.4, 0.5) is 0 Å². The van der Waals surface area contributed by atoms with Gasteiger partial charge in [0.15, 0.2) is 0 Å². The molecule has 0 amide bonds. The molecule has 0 atom stereocenters. The molecule has 5 aliphatic rings. The highest BCUT2D eigenvalue weighted by atomic mass is 14.5. The van der Waals surface area contributed by atoms with Crippen molar-refractivity contribution in [1.82, 2.24) is 0 Å². The molecule has 0 aromatic heterocycles. The lowest BCUT2D eigenvalue weighted by atomic mass is 9.65. The first-order valence-corrected chi connectivity index (χ1v) is 43.8. The van der Waals surface area contributed by atoms with Crippen molar-refractivity contribution < 1.29 is 0 Å². The third-order valence-corrected chi connectivity index (χ3v) is 27.0. The lowest BCUT2D eigenvalue weighted by Crippen LogP contribution is -2.30. The maximum absolute atomic E-state index is 4.13. The summed E-state index contributed by atoms with van der Waals surface area (Å²) in [4.78, 5) is 0. The number of fused-ring (bicyclic) bond motifs is 13. The van der Waals surface area contributed by atoms with E-state index in [-0.39, 0.29) is 10.8 Å². The fourth-order valence-electron chi connectivity index (χ4n) is 21.1. The van der Waals surface area contributed by atoms with Crippen molar-refractivity contribution >= 4 is 10.8 Å². The molecular weight excluding hydrogens is 1310 g/mol. The summed E-state index contributed by atoms with van der Waals surface area (Å²) in [7, 11) is 0. The van der Waals surface area contributed by atoms with E-state index in [1.165, 1.54) is 310 Å². The number of unbranched alkanes of at least 4 members (excludes halogenated alkanes) is 18. The lowest BCUT2D eigenvalue weighted by molar-refractivity contribution is 0.398. The molecule has 0 bridgehead atoms. The van der Waals surface area contributed by atoms with Crippen LogP contribution in [0.5, 0.6) is 0 Å². The van der Waals surface area contributed by atoms with E-state index in [0.29, 0.717) is 0 Å². The Morgan fingerprint density at radius 2 is 0.706 bits per heavy atom. The second-order valence-corrected chi connectivity index (χ2v) is 34.1. The van der Waals surface area contributed by atoms with Crippen LogP contribution in [-0.2, 0) is 54.8 Å². The Labute approximate surface area is 657 Å². The van der Waals surface area contributed by atoms with Gasteiger partial charge in [-0.05, 0) is 296 Å². The molecule has 0 radical (unpaired) electrons. The van der Waals surface area contributed by atoms with E-state index in [9.17, 15) is 0 Å². The molecule has 0 heteroatoms. The fraction of sp³-hybridized carbons (Fsp3) is 0.394. The lowest BCUT2D eigenvalue weighted by Gasteiger charge is -2.37. The van der Waals surface area contributed by atoms with Crippen LogP contribution in [0.25, 0.3) is 77.5 Å². The first-order chi connectivity index (χ1) is 53.6. The Morgan fingerprint density at radius 1 is 0.312 bits per heavy atom. The topological polar surface area (TPSA) is 0 Å². The molecular formula is C109H124. The predicted molar refractivity (Wildman–Crippen MR) is 472 cm³/mol. The normalized spacial score (nSPS) is 14.8. The minimum absolute atomic E-state index is 0.0388. The van der Waals surface area contributed by atoms with Crippen molar-refractivity contribution in [2.24, 2.45) is 0 Å². The molecule has 0 N–H and O–H groups in total. The average Bonchev–Trinajstić information content (AvgIpc) is 1.53. The zero-order chi connectivity index (χ0) is 74.9. The summed E-state index contributed by atoms with van der Waals surface area (Å²) in [5.74, 6) is 0. The van der Waals surface area contributed by atoms with E-state index >= 15 is 0 Å². The van der Waals surface area contributed by atoms with Gasteiger partial charge in [-0.2, -0.15) is 0 Å². The summed E-state index contributed by atoms with van der Waals surface area (Å²) < 4.78 is 0. The van der Waals surface area contributed by atoms with Gasteiger partial charge in [0, 0.05) is 10.8 Å². The van der Waals surface area contributed by atoms with Crippen molar-refractivity contribution in [2.45, 2.75) is 276 Å². The largest absolute Gasteiger partial charge is 0.0991 e. The second kappa shape index (κ2) is 34.4. The van der Waals surface area contributed by atoms with Gasteiger partial charge in [0.2, 0.25) is 0 Å². The van der Waals surface area contributed by atoms with Crippen LogP contribution in [0.1, 0.15) is 296 Å². The summed E-state index contributed by atoms with van der Waals surface area (Å²) in [6.07, 6.45) is 54.1. The summed E-state index contributed by atoms with van der Waals surface area (Å²) >= 11 is 0. The number of rotatable bonds is 39. The Hall–Kier alpha value is -8.58. The van der Waals surface area contributed by atoms with Gasteiger partial charge in [-0.1, -0.05) is 350 Å². The summed E-state index contributed by atoms with van der Waals surface area (Å²) in [5.41, 5.74) is 40.0. The summed E-state index contributed by atoms with van der Waals surface area (Å²) in [5, 5.41) is 2.79. The van der Waals surface area contributed by atoms with Crippen molar-refractivity contribution in [1.29, 1.82) is 0 Å². The third kappa shape index (κ3) is 14.7. The molecule has 109 heavy (non-hydrogen) atoms. The van der Waals surface area contributed by atoms with Gasteiger partial charge in [-0.15, -0.1) is 0 Å².